The van der Waals surface area contributed by atoms with Crippen molar-refractivity contribution < 1.29 is 14.3 Å². The highest BCUT2D eigenvalue weighted by atomic mass is 35.5. The van der Waals surface area contributed by atoms with Crippen LogP contribution in [0.5, 0.6) is 5.75 Å². The van der Waals surface area contributed by atoms with Gasteiger partial charge in [-0.25, -0.2) is 0 Å². The lowest BCUT2D eigenvalue weighted by Gasteiger charge is -2.34. The molecular formula is C15H17ClO3. The summed E-state index contributed by atoms with van der Waals surface area (Å²) in [5, 5.41) is -0.285. The third kappa shape index (κ3) is 2.98. The zero-order valence-electron chi connectivity index (χ0n) is 10.9. The number of hydrogen-bond acceptors (Lipinski definition) is 3. The van der Waals surface area contributed by atoms with Crippen LogP contribution in [0.3, 0.4) is 0 Å². The van der Waals surface area contributed by atoms with Gasteiger partial charge in [-0.2, -0.15) is 0 Å². The van der Waals surface area contributed by atoms with Crippen molar-refractivity contribution in [3.05, 3.63) is 29.8 Å². The van der Waals surface area contributed by atoms with Gasteiger partial charge >= 0.3 is 5.97 Å². The summed E-state index contributed by atoms with van der Waals surface area (Å²) in [6.45, 7) is 1.36. The number of ether oxygens (including phenoxy) is 1. The van der Waals surface area contributed by atoms with Crippen LogP contribution in [0.4, 0.5) is 0 Å². The van der Waals surface area contributed by atoms with E-state index in [0.29, 0.717) is 5.75 Å². The lowest BCUT2D eigenvalue weighted by molar-refractivity contribution is -0.131. The molecule has 2 rings (SSSR count). The van der Waals surface area contributed by atoms with Crippen LogP contribution in [-0.2, 0) is 15.0 Å². The molecule has 0 bridgehead atoms. The summed E-state index contributed by atoms with van der Waals surface area (Å²) in [6.07, 6.45) is 4.77. The smallest absolute Gasteiger partial charge is 0.308 e. The van der Waals surface area contributed by atoms with Crippen molar-refractivity contribution in [3.8, 4) is 5.75 Å². The molecule has 0 aliphatic heterocycles. The van der Waals surface area contributed by atoms with Crippen LogP contribution >= 0.6 is 11.6 Å². The average Bonchev–Trinajstić information content (AvgIpc) is 2.39. The molecule has 0 spiro atoms. The quantitative estimate of drug-likeness (QED) is 0.483. The zero-order chi connectivity index (χ0) is 13.9. The summed E-state index contributed by atoms with van der Waals surface area (Å²) in [6, 6.07) is 7.10. The molecular weight excluding hydrogens is 264 g/mol. The minimum Gasteiger partial charge on any atom is -0.427 e. The third-order valence-corrected chi connectivity index (χ3v) is 4.11. The van der Waals surface area contributed by atoms with E-state index in [2.05, 4.69) is 0 Å². The number of benzene rings is 1. The van der Waals surface area contributed by atoms with Gasteiger partial charge in [0, 0.05) is 6.92 Å². The summed E-state index contributed by atoms with van der Waals surface area (Å²) in [7, 11) is 0. The molecule has 0 atom stereocenters. The van der Waals surface area contributed by atoms with Crippen molar-refractivity contribution in [1.82, 2.24) is 0 Å². The topological polar surface area (TPSA) is 43.4 Å². The third-order valence-electron chi connectivity index (χ3n) is 3.75. The van der Waals surface area contributed by atoms with Gasteiger partial charge in [0.1, 0.15) is 5.75 Å². The number of esters is 1. The first-order valence-corrected chi connectivity index (χ1v) is 6.91. The highest BCUT2D eigenvalue weighted by molar-refractivity contribution is 6.65. The molecule has 0 radical (unpaired) electrons. The van der Waals surface area contributed by atoms with E-state index in [1.165, 1.54) is 6.92 Å². The molecule has 3 nitrogen and oxygen atoms in total. The summed E-state index contributed by atoms with van der Waals surface area (Å²) in [4.78, 5) is 22.7. The number of rotatable bonds is 3. The molecule has 1 aliphatic carbocycles. The van der Waals surface area contributed by atoms with Gasteiger partial charge in [0.2, 0.25) is 5.24 Å². The minimum atomic E-state index is -0.561. The monoisotopic (exact) mass is 280 g/mol. The second kappa shape index (κ2) is 5.74. The summed E-state index contributed by atoms with van der Waals surface area (Å²) in [5.41, 5.74) is 0.359. The Morgan fingerprint density at radius 3 is 2.16 bits per heavy atom. The van der Waals surface area contributed by atoms with Crippen LogP contribution in [0.2, 0.25) is 0 Å². The molecule has 1 saturated carbocycles. The molecule has 0 N–H and O–H groups in total. The highest BCUT2D eigenvalue weighted by Crippen LogP contribution is 2.41. The largest absolute Gasteiger partial charge is 0.427 e. The van der Waals surface area contributed by atoms with Crippen LogP contribution in [0.15, 0.2) is 24.3 Å². The van der Waals surface area contributed by atoms with Crippen molar-refractivity contribution in [2.24, 2.45) is 0 Å². The zero-order valence-corrected chi connectivity index (χ0v) is 11.7. The Hall–Kier alpha value is -1.35. The molecule has 0 saturated heterocycles. The summed E-state index contributed by atoms with van der Waals surface area (Å²) < 4.78 is 4.99. The molecule has 0 heterocycles. The van der Waals surface area contributed by atoms with E-state index in [0.717, 1.165) is 37.7 Å². The Morgan fingerprint density at radius 1 is 1.11 bits per heavy atom. The van der Waals surface area contributed by atoms with E-state index in [9.17, 15) is 9.59 Å². The van der Waals surface area contributed by atoms with Crippen molar-refractivity contribution in [2.75, 3.05) is 0 Å². The maximum atomic E-state index is 11.9. The van der Waals surface area contributed by atoms with Crippen LogP contribution in [0.25, 0.3) is 0 Å². The number of carbonyl (C=O) groups excluding carboxylic acids is 2. The fourth-order valence-corrected chi connectivity index (χ4v) is 3.06. The van der Waals surface area contributed by atoms with Crippen LogP contribution in [-0.4, -0.2) is 11.2 Å². The van der Waals surface area contributed by atoms with Crippen LogP contribution < -0.4 is 4.74 Å². The summed E-state index contributed by atoms with van der Waals surface area (Å²) in [5.74, 6) is 0.137. The molecule has 1 aromatic rings. The molecule has 1 aliphatic rings. The van der Waals surface area contributed by atoms with Gasteiger partial charge in [-0.3, -0.25) is 9.59 Å². The molecule has 0 aromatic heterocycles. The van der Waals surface area contributed by atoms with E-state index in [-0.39, 0.29) is 11.2 Å². The fourth-order valence-electron chi connectivity index (χ4n) is 2.76. The first-order chi connectivity index (χ1) is 9.04. The Labute approximate surface area is 117 Å². The van der Waals surface area contributed by atoms with Gasteiger partial charge in [0.05, 0.1) is 5.41 Å². The van der Waals surface area contributed by atoms with Gasteiger partial charge in [-0.15, -0.1) is 0 Å². The Bertz CT molecular complexity index is 473. The first kappa shape index (κ1) is 14.1. The van der Waals surface area contributed by atoms with E-state index in [1.807, 2.05) is 12.1 Å². The molecule has 19 heavy (non-hydrogen) atoms. The molecule has 102 valence electrons. The van der Waals surface area contributed by atoms with Crippen LogP contribution in [0.1, 0.15) is 44.6 Å². The van der Waals surface area contributed by atoms with E-state index in [1.54, 1.807) is 12.1 Å². The van der Waals surface area contributed by atoms with Crippen molar-refractivity contribution in [2.45, 2.75) is 44.4 Å². The highest BCUT2D eigenvalue weighted by Gasteiger charge is 2.39. The Kier molecular flexibility index (Phi) is 4.25. The van der Waals surface area contributed by atoms with E-state index < -0.39 is 5.41 Å². The molecule has 4 heteroatoms. The predicted molar refractivity (Wildman–Crippen MR) is 73.4 cm³/mol. The number of carbonyl (C=O) groups is 2. The van der Waals surface area contributed by atoms with Crippen LogP contribution in [0, 0.1) is 0 Å². The fraction of sp³-hybridized carbons (Fsp3) is 0.467. The molecule has 1 aromatic carbocycles. The minimum absolute atomic E-state index is 0.285. The van der Waals surface area contributed by atoms with Crippen molar-refractivity contribution >= 4 is 22.8 Å². The predicted octanol–water partition coefficient (Wildman–Crippen LogP) is 3.58. The molecule has 0 unspecified atom stereocenters. The van der Waals surface area contributed by atoms with E-state index in [4.69, 9.17) is 16.3 Å². The first-order valence-electron chi connectivity index (χ1n) is 6.53. The second-order valence-electron chi connectivity index (χ2n) is 5.03. The van der Waals surface area contributed by atoms with Crippen molar-refractivity contribution in [1.29, 1.82) is 0 Å². The maximum Gasteiger partial charge on any atom is 0.308 e. The molecule has 1 fully saturated rings. The Morgan fingerprint density at radius 2 is 1.68 bits per heavy atom. The van der Waals surface area contributed by atoms with Gasteiger partial charge in [0.15, 0.2) is 0 Å². The average molecular weight is 281 g/mol. The van der Waals surface area contributed by atoms with Gasteiger partial charge in [0.25, 0.3) is 0 Å². The van der Waals surface area contributed by atoms with Crippen molar-refractivity contribution in [3.63, 3.8) is 0 Å². The Balaban J connectivity index is 2.27. The normalized spacial score (nSPS) is 17.8. The summed E-state index contributed by atoms with van der Waals surface area (Å²) >= 11 is 5.85. The number of halogens is 1. The second-order valence-corrected chi connectivity index (χ2v) is 5.38. The lowest BCUT2D eigenvalue weighted by Crippen LogP contribution is -2.35. The molecule has 0 amide bonds. The van der Waals surface area contributed by atoms with E-state index >= 15 is 0 Å². The van der Waals surface area contributed by atoms with Gasteiger partial charge < -0.3 is 4.74 Å². The SMILES string of the molecule is CC(=O)Oc1ccc(C2(C(=O)Cl)CCCCC2)cc1. The maximum absolute atomic E-state index is 11.9. The lowest BCUT2D eigenvalue weighted by atomic mass is 9.70. The standard InChI is InChI=1S/C15H17ClO3/c1-11(17)19-13-7-5-12(6-8-13)15(14(16)18)9-3-2-4-10-15/h5-8H,2-4,9-10H2,1H3. The number of hydrogen-bond donors (Lipinski definition) is 0. The van der Waals surface area contributed by atoms with Gasteiger partial charge in [-0.1, -0.05) is 31.4 Å². The van der Waals surface area contributed by atoms with Gasteiger partial charge in [-0.05, 0) is 42.1 Å².